The highest BCUT2D eigenvalue weighted by Crippen LogP contribution is 2.25. The quantitative estimate of drug-likeness (QED) is 0.852. The summed E-state index contributed by atoms with van der Waals surface area (Å²) in [5, 5.41) is 8.68. The second kappa shape index (κ2) is 5.61. The Hall–Kier alpha value is -1.91. The van der Waals surface area contributed by atoms with Crippen LogP contribution in [0.1, 0.15) is 45.9 Å². The van der Waals surface area contributed by atoms with Crippen molar-refractivity contribution in [3.63, 3.8) is 0 Å². The van der Waals surface area contributed by atoms with E-state index in [9.17, 15) is 4.79 Å². The summed E-state index contributed by atoms with van der Waals surface area (Å²) >= 11 is 0. The van der Waals surface area contributed by atoms with Crippen LogP contribution >= 0.6 is 0 Å². The molecule has 2 rings (SSSR count). The van der Waals surface area contributed by atoms with Crippen LogP contribution in [0.5, 0.6) is 0 Å². The van der Waals surface area contributed by atoms with E-state index in [2.05, 4.69) is 35.3 Å². The lowest BCUT2D eigenvalue weighted by Crippen LogP contribution is -2.24. The van der Waals surface area contributed by atoms with E-state index in [-0.39, 0.29) is 12.0 Å². The smallest absolute Gasteiger partial charge is 0.303 e. The lowest BCUT2D eigenvalue weighted by Gasteiger charge is -2.24. The van der Waals surface area contributed by atoms with Crippen LogP contribution in [0.15, 0.2) is 18.5 Å². The number of rotatable bonds is 5. The predicted molar refractivity (Wildman–Crippen MR) is 77.7 cm³/mol. The van der Waals surface area contributed by atoms with Crippen molar-refractivity contribution in [2.45, 2.75) is 52.0 Å². The monoisotopic (exact) mass is 275 g/mol. The Bertz CT molecular complexity index is 611. The summed E-state index contributed by atoms with van der Waals surface area (Å²) in [6, 6.07) is 1.98. The second-order valence-corrected chi connectivity index (χ2v) is 6.00. The van der Waals surface area contributed by atoms with Gasteiger partial charge < -0.3 is 9.67 Å². The number of carboxylic acid groups (broad SMARTS) is 1. The van der Waals surface area contributed by atoms with Crippen molar-refractivity contribution in [1.82, 2.24) is 14.5 Å². The Morgan fingerprint density at radius 1 is 1.35 bits per heavy atom. The third kappa shape index (κ3) is 3.15. The number of fused-ring (bicyclic) bond motifs is 1. The Labute approximate surface area is 118 Å². The lowest BCUT2D eigenvalue weighted by atomic mass is 10.1. The zero-order valence-electron chi connectivity index (χ0n) is 12.3. The standard InChI is InChI=1S/C15H21N3O2/c1-15(2,3)18-12-8-9-16-10-11(12)17-13(18)6-4-5-7-14(19)20/h8-10H,4-7H2,1-3H3,(H,19,20). The maximum Gasteiger partial charge on any atom is 0.303 e. The minimum Gasteiger partial charge on any atom is -0.481 e. The van der Waals surface area contributed by atoms with E-state index in [4.69, 9.17) is 5.11 Å². The molecule has 0 aliphatic rings. The average molecular weight is 275 g/mol. The van der Waals surface area contributed by atoms with Crippen molar-refractivity contribution in [2.24, 2.45) is 0 Å². The third-order valence-corrected chi connectivity index (χ3v) is 3.24. The van der Waals surface area contributed by atoms with Gasteiger partial charge in [-0.05, 0) is 39.7 Å². The van der Waals surface area contributed by atoms with E-state index in [1.807, 2.05) is 6.07 Å². The molecule has 0 amide bonds. The van der Waals surface area contributed by atoms with Gasteiger partial charge in [0.15, 0.2) is 0 Å². The number of aromatic nitrogens is 3. The fourth-order valence-electron chi connectivity index (χ4n) is 2.46. The molecule has 0 radical (unpaired) electrons. The Balaban J connectivity index is 2.25. The van der Waals surface area contributed by atoms with Crippen molar-refractivity contribution in [3.05, 3.63) is 24.3 Å². The first-order chi connectivity index (χ1) is 9.39. The van der Waals surface area contributed by atoms with Crippen LogP contribution in [0, 0.1) is 0 Å². The van der Waals surface area contributed by atoms with Gasteiger partial charge in [0, 0.05) is 24.6 Å². The molecular weight excluding hydrogens is 254 g/mol. The van der Waals surface area contributed by atoms with E-state index in [1.54, 1.807) is 12.4 Å². The molecule has 0 unspecified atom stereocenters. The maximum absolute atomic E-state index is 10.5. The molecule has 0 fully saturated rings. The summed E-state index contributed by atoms with van der Waals surface area (Å²) in [5.41, 5.74) is 1.93. The van der Waals surface area contributed by atoms with Crippen molar-refractivity contribution in [1.29, 1.82) is 0 Å². The molecule has 0 spiro atoms. The van der Waals surface area contributed by atoms with Crippen molar-refractivity contribution in [3.8, 4) is 0 Å². The SMILES string of the molecule is CC(C)(C)n1c(CCCCC(=O)O)nc2cnccc21. The van der Waals surface area contributed by atoms with Crippen LogP contribution in [0.3, 0.4) is 0 Å². The molecule has 0 aliphatic carbocycles. The van der Waals surface area contributed by atoms with Gasteiger partial charge in [-0.3, -0.25) is 9.78 Å². The number of imidazole rings is 1. The first kappa shape index (κ1) is 14.5. The van der Waals surface area contributed by atoms with E-state index >= 15 is 0 Å². The van der Waals surface area contributed by atoms with E-state index in [1.165, 1.54) is 0 Å². The number of unbranched alkanes of at least 4 members (excludes halogenated alkanes) is 1. The Morgan fingerprint density at radius 3 is 2.75 bits per heavy atom. The molecule has 108 valence electrons. The third-order valence-electron chi connectivity index (χ3n) is 3.24. The number of aryl methyl sites for hydroxylation is 1. The van der Waals surface area contributed by atoms with Gasteiger partial charge in [-0.2, -0.15) is 0 Å². The van der Waals surface area contributed by atoms with Gasteiger partial charge in [-0.15, -0.1) is 0 Å². The van der Waals surface area contributed by atoms with Crippen molar-refractivity contribution in [2.75, 3.05) is 0 Å². The molecule has 0 saturated carbocycles. The summed E-state index contributed by atoms with van der Waals surface area (Å²) in [7, 11) is 0. The van der Waals surface area contributed by atoms with Gasteiger partial charge in [-0.1, -0.05) is 0 Å². The Morgan fingerprint density at radius 2 is 2.10 bits per heavy atom. The minimum absolute atomic E-state index is 0.0573. The summed E-state index contributed by atoms with van der Waals surface area (Å²) in [6.45, 7) is 6.44. The first-order valence-electron chi connectivity index (χ1n) is 6.93. The van der Waals surface area contributed by atoms with Gasteiger partial charge in [0.25, 0.3) is 0 Å². The first-order valence-corrected chi connectivity index (χ1v) is 6.93. The van der Waals surface area contributed by atoms with Crippen LogP contribution in [0.4, 0.5) is 0 Å². The molecule has 0 bridgehead atoms. The Kier molecular flexibility index (Phi) is 4.06. The number of carbonyl (C=O) groups is 1. The maximum atomic E-state index is 10.5. The number of pyridine rings is 1. The molecule has 2 aromatic heterocycles. The van der Waals surface area contributed by atoms with Crippen molar-refractivity contribution >= 4 is 17.0 Å². The van der Waals surface area contributed by atoms with Gasteiger partial charge in [0.1, 0.15) is 11.3 Å². The summed E-state index contributed by atoms with van der Waals surface area (Å²) in [6.07, 6.45) is 6.08. The van der Waals surface area contributed by atoms with Gasteiger partial charge in [0.2, 0.25) is 0 Å². The fraction of sp³-hybridized carbons (Fsp3) is 0.533. The van der Waals surface area contributed by atoms with Crippen LogP contribution in [-0.4, -0.2) is 25.6 Å². The summed E-state index contributed by atoms with van der Waals surface area (Å²) < 4.78 is 2.23. The van der Waals surface area contributed by atoms with Gasteiger partial charge in [0.05, 0.1) is 11.7 Å². The number of hydrogen-bond donors (Lipinski definition) is 1. The molecule has 5 heteroatoms. The number of aliphatic carboxylic acids is 1. The predicted octanol–water partition coefficient (Wildman–Crippen LogP) is 2.98. The van der Waals surface area contributed by atoms with E-state index in [0.717, 1.165) is 29.7 Å². The van der Waals surface area contributed by atoms with Gasteiger partial charge >= 0.3 is 5.97 Å². The largest absolute Gasteiger partial charge is 0.481 e. The molecular formula is C15H21N3O2. The normalized spacial score (nSPS) is 11.9. The number of hydrogen-bond acceptors (Lipinski definition) is 3. The zero-order valence-corrected chi connectivity index (χ0v) is 12.3. The molecule has 1 N–H and O–H groups in total. The summed E-state index contributed by atoms with van der Waals surface area (Å²) in [5.74, 6) is 0.268. The highest BCUT2D eigenvalue weighted by molar-refractivity contribution is 5.75. The lowest BCUT2D eigenvalue weighted by molar-refractivity contribution is -0.137. The van der Waals surface area contributed by atoms with Crippen LogP contribution in [-0.2, 0) is 16.8 Å². The van der Waals surface area contributed by atoms with Crippen LogP contribution in [0.25, 0.3) is 11.0 Å². The molecule has 5 nitrogen and oxygen atoms in total. The summed E-state index contributed by atoms with van der Waals surface area (Å²) in [4.78, 5) is 19.3. The number of nitrogens with zero attached hydrogens (tertiary/aromatic N) is 3. The minimum atomic E-state index is -0.737. The van der Waals surface area contributed by atoms with Crippen LogP contribution < -0.4 is 0 Å². The topological polar surface area (TPSA) is 68.0 Å². The molecule has 2 aromatic rings. The molecule has 20 heavy (non-hydrogen) atoms. The van der Waals surface area contributed by atoms with Crippen LogP contribution in [0.2, 0.25) is 0 Å². The molecule has 0 atom stereocenters. The molecule has 2 heterocycles. The average Bonchev–Trinajstić information content (AvgIpc) is 2.72. The van der Waals surface area contributed by atoms with E-state index in [0.29, 0.717) is 6.42 Å². The zero-order chi connectivity index (χ0) is 14.8. The van der Waals surface area contributed by atoms with Gasteiger partial charge in [-0.25, -0.2) is 4.98 Å². The van der Waals surface area contributed by atoms with E-state index < -0.39 is 5.97 Å². The highest BCUT2D eigenvalue weighted by Gasteiger charge is 2.21. The van der Waals surface area contributed by atoms with Crippen molar-refractivity contribution < 1.29 is 9.90 Å². The second-order valence-electron chi connectivity index (χ2n) is 6.00. The fourth-order valence-corrected chi connectivity index (χ4v) is 2.46. The highest BCUT2D eigenvalue weighted by atomic mass is 16.4. The molecule has 0 aromatic carbocycles. The molecule has 0 saturated heterocycles. The molecule has 0 aliphatic heterocycles. The number of carboxylic acids is 1.